The fraction of sp³-hybridized carbons (Fsp3) is 0.640. The molecule has 218 valence electrons. The van der Waals surface area contributed by atoms with Gasteiger partial charge < -0.3 is 10.1 Å². The molecular weight excluding hydrogens is 564 g/mol. The van der Waals surface area contributed by atoms with Gasteiger partial charge in [-0.3, -0.25) is 14.5 Å². The van der Waals surface area contributed by atoms with E-state index in [-0.39, 0.29) is 46.4 Å². The molecule has 0 atom stereocenters. The third-order valence-electron chi connectivity index (χ3n) is 6.72. The number of amides is 1. The van der Waals surface area contributed by atoms with Gasteiger partial charge >= 0.3 is 18.2 Å². The average Bonchev–Trinajstić information content (AvgIpc) is 3.19. The summed E-state index contributed by atoms with van der Waals surface area (Å²) < 4.78 is 75.9. The molecule has 1 aliphatic carbocycles. The number of nitrogens with one attached hydrogen (secondary N) is 1. The van der Waals surface area contributed by atoms with E-state index in [1.165, 1.54) is 30.8 Å². The zero-order valence-electron chi connectivity index (χ0n) is 22.2. The van der Waals surface area contributed by atoms with Gasteiger partial charge in [-0.2, -0.15) is 22.3 Å². The summed E-state index contributed by atoms with van der Waals surface area (Å²) in [7, 11) is 0. The van der Waals surface area contributed by atoms with E-state index in [4.69, 9.17) is 24.8 Å². The first-order chi connectivity index (χ1) is 18.3. The van der Waals surface area contributed by atoms with Crippen molar-refractivity contribution >= 4 is 29.1 Å². The van der Waals surface area contributed by atoms with Crippen molar-refractivity contribution in [2.24, 2.45) is 17.3 Å². The highest BCUT2D eigenvalue weighted by Crippen LogP contribution is 2.39. The second kappa shape index (κ2) is 14.7. The third-order valence-corrected chi connectivity index (χ3v) is 7.08. The fourth-order valence-electron chi connectivity index (χ4n) is 4.41. The Labute approximate surface area is 233 Å². The summed E-state index contributed by atoms with van der Waals surface area (Å²) in [5, 5.41) is 7.18. The number of pyridine rings is 1. The van der Waals surface area contributed by atoms with E-state index in [1.54, 1.807) is 6.92 Å². The van der Waals surface area contributed by atoms with Crippen molar-refractivity contribution in [1.82, 2.24) is 20.1 Å². The van der Waals surface area contributed by atoms with Crippen LogP contribution >= 0.6 is 11.6 Å². The van der Waals surface area contributed by atoms with Gasteiger partial charge in [-0.05, 0) is 31.6 Å². The lowest BCUT2D eigenvalue weighted by molar-refractivity contribution is -0.0496. The van der Waals surface area contributed by atoms with Crippen molar-refractivity contribution in [3.8, 4) is 17.0 Å². The molecule has 14 heteroatoms. The number of halogens is 5. The highest BCUT2D eigenvalue weighted by atomic mass is 35.5. The Morgan fingerprint density at radius 3 is 2.38 bits per heavy atom. The van der Waals surface area contributed by atoms with Crippen LogP contribution in [0.4, 0.5) is 17.6 Å². The molecule has 0 aromatic carbocycles. The highest BCUT2D eigenvalue weighted by molar-refractivity contribution is 7.51. The van der Waals surface area contributed by atoms with E-state index in [1.807, 2.05) is 0 Å². The maximum absolute atomic E-state index is 13.3. The first-order valence-corrected chi connectivity index (χ1v) is 13.6. The minimum atomic E-state index is -3.17. The topological polar surface area (TPSA) is 103 Å². The number of alkyl halides is 4. The van der Waals surface area contributed by atoms with Crippen LogP contribution < -0.4 is 10.1 Å². The Morgan fingerprint density at radius 2 is 1.85 bits per heavy atom. The molecule has 1 N–H and O–H groups in total. The van der Waals surface area contributed by atoms with Crippen LogP contribution in [0.3, 0.4) is 0 Å². The van der Waals surface area contributed by atoms with Crippen molar-refractivity contribution in [2.75, 3.05) is 6.54 Å². The van der Waals surface area contributed by atoms with Gasteiger partial charge in [0.15, 0.2) is 5.69 Å². The second-order valence-corrected chi connectivity index (χ2v) is 10.8. The van der Waals surface area contributed by atoms with Gasteiger partial charge in [0.1, 0.15) is 5.75 Å². The minimum Gasteiger partial charge on any atom is -0.434 e. The number of hydrogen-bond acceptors (Lipinski definition) is 6. The number of hydrogen-bond donors (Lipinski definition) is 1. The Hall–Kier alpha value is -2.54. The first kappa shape index (κ1) is 32.7. The molecule has 0 bridgehead atoms. The Kier molecular flexibility index (Phi) is 12.3. The van der Waals surface area contributed by atoms with Crippen LogP contribution in [-0.2, 0) is 24.5 Å². The van der Waals surface area contributed by atoms with E-state index in [0.29, 0.717) is 18.4 Å². The Balaban J connectivity index is 0.00000170. The van der Waals surface area contributed by atoms with Gasteiger partial charge in [0.05, 0.1) is 16.3 Å². The molecule has 2 aromatic rings. The molecule has 1 aliphatic rings. The van der Waals surface area contributed by atoms with E-state index in [0.717, 1.165) is 25.7 Å². The molecule has 2 aromatic heterocycles. The van der Waals surface area contributed by atoms with Crippen molar-refractivity contribution in [2.45, 2.75) is 79.4 Å². The largest absolute Gasteiger partial charge is 0.434 e. The molecule has 0 radical (unpaired) electrons. The molecule has 3 rings (SSSR count). The molecule has 2 heterocycles. The van der Waals surface area contributed by atoms with Crippen LogP contribution in [0.2, 0.25) is 5.02 Å². The molecule has 0 unspecified atom stereocenters. The lowest BCUT2D eigenvalue weighted by atomic mass is 9.83. The highest BCUT2D eigenvalue weighted by Gasteiger charge is 2.32. The van der Waals surface area contributed by atoms with E-state index < -0.39 is 35.9 Å². The lowest BCUT2D eigenvalue weighted by Gasteiger charge is -2.26. The van der Waals surface area contributed by atoms with Crippen LogP contribution in [-0.4, -0.2) is 48.7 Å². The summed E-state index contributed by atoms with van der Waals surface area (Å²) in [5.41, 5.74) is -0.991. The van der Waals surface area contributed by atoms with E-state index in [2.05, 4.69) is 22.3 Å². The van der Waals surface area contributed by atoms with E-state index in [9.17, 15) is 22.4 Å². The van der Waals surface area contributed by atoms with Gasteiger partial charge in [0.2, 0.25) is 6.43 Å². The molecule has 39 heavy (non-hydrogen) atoms. The molecule has 1 fully saturated rings. The van der Waals surface area contributed by atoms with Gasteiger partial charge in [0, 0.05) is 42.9 Å². The first-order valence-electron chi connectivity index (χ1n) is 12.5. The van der Waals surface area contributed by atoms with Gasteiger partial charge in [-0.25, -0.2) is 8.78 Å². The second-order valence-electron chi connectivity index (χ2n) is 10.2. The van der Waals surface area contributed by atoms with Crippen molar-refractivity contribution in [3.63, 3.8) is 0 Å². The van der Waals surface area contributed by atoms with Crippen LogP contribution in [0, 0.1) is 17.3 Å². The van der Waals surface area contributed by atoms with Crippen molar-refractivity contribution < 1.29 is 35.5 Å². The number of nitrogens with zero attached hydrogens (tertiary/aromatic N) is 3. The molecular formula is C25H33ClF4N4O4S. The zero-order chi connectivity index (χ0) is 29.3. The zero-order valence-corrected chi connectivity index (χ0v) is 23.8. The average molecular weight is 597 g/mol. The SMILES string of the molecule is CCn1nc(C(=O)NCC2CCC(C)CC2)c(Cl)c1-c1cnc(CC(C)(C)C(F)F)cc1OC(F)F.O=S=O. The van der Waals surface area contributed by atoms with Crippen molar-refractivity contribution in [1.29, 1.82) is 0 Å². The summed E-state index contributed by atoms with van der Waals surface area (Å²) in [5.74, 6) is 0.351. The molecule has 0 aliphatic heterocycles. The number of aryl methyl sites for hydroxylation is 1. The maximum atomic E-state index is 13.3. The quantitative estimate of drug-likeness (QED) is 0.341. The number of carbonyl (C=O) groups excluding carboxylic acids is 1. The summed E-state index contributed by atoms with van der Waals surface area (Å²) in [4.78, 5) is 17.1. The number of rotatable bonds is 10. The Bertz CT molecular complexity index is 1150. The van der Waals surface area contributed by atoms with Gasteiger partial charge in [-0.15, -0.1) is 0 Å². The third kappa shape index (κ3) is 8.99. The number of aromatic nitrogens is 3. The Morgan fingerprint density at radius 1 is 1.23 bits per heavy atom. The predicted octanol–water partition coefficient (Wildman–Crippen LogP) is 5.94. The summed E-state index contributed by atoms with van der Waals surface area (Å²) >= 11 is 5.81. The van der Waals surface area contributed by atoms with Crippen LogP contribution in [0.15, 0.2) is 12.3 Å². The summed E-state index contributed by atoms with van der Waals surface area (Å²) in [6.45, 7) is 4.34. The van der Waals surface area contributed by atoms with Crippen LogP contribution in [0.25, 0.3) is 11.3 Å². The van der Waals surface area contributed by atoms with Crippen molar-refractivity contribution in [3.05, 3.63) is 28.7 Å². The van der Waals surface area contributed by atoms with E-state index >= 15 is 0 Å². The summed E-state index contributed by atoms with van der Waals surface area (Å²) in [6.07, 6.45) is 2.79. The minimum absolute atomic E-state index is 0.0202. The number of carbonyl (C=O) groups is 1. The van der Waals surface area contributed by atoms with Crippen LogP contribution in [0.5, 0.6) is 5.75 Å². The maximum Gasteiger partial charge on any atom is 0.387 e. The summed E-state index contributed by atoms with van der Waals surface area (Å²) in [6, 6.07) is 1.21. The molecule has 8 nitrogen and oxygen atoms in total. The van der Waals surface area contributed by atoms with Gasteiger partial charge in [0.25, 0.3) is 5.91 Å². The standard InChI is InChI=1S/C25H33ClF4N4O2.O2S/c1-5-34-21(19(26)20(33-34)22(35)32-12-15-8-6-14(2)7-9-15)17-13-31-16(10-18(17)36-24(29)30)11-25(3,4)23(27)28;1-3-2/h10,13-15,23-24H,5-9,11-12H2,1-4H3,(H,32,35);. The normalized spacial score (nSPS) is 17.5. The molecule has 1 saturated carbocycles. The molecule has 0 saturated heterocycles. The van der Waals surface area contributed by atoms with Gasteiger partial charge in [-0.1, -0.05) is 45.2 Å². The lowest BCUT2D eigenvalue weighted by Crippen LogP contribution is -2.31. The van der Waals surface area contributed by atoms with Crippen LogP contribution in [0.1, 0.15) is 69.6 Å². The predicted molar refractivity (Wildman–Crippen MR) is 139 cm³/mol. The fourth-order valence-corrected chi connectivity index (χ4v) is 4.74. The molecule has 0 spiro atoms. The smallest absolute Gasteiger partial charge is 0.387 e. The molecule has 1 amide bonds. The monoisotopic (exact) mass is 596 g/mol. The number of ether oxygens (including phenoxy) is 1.